The molecule has 2 aromatic rings. The number of hydrogen-bond donors (Lipinski definition) is 0. The fraction of sp³-hybridized carbons (Fsp3) is 0.333. The second-order valence-electron chi connectivity index (χ2n) is 9.67. The van der Waals surface area contributed by atoms with E-state index in [-0.39, 0.29) is 5.41 Å². The molecule has 0 bridgehead atoms. The van der Waals surface area contributed by atoms with E-state index in [1.807, 2.05) is 0 Å². The summed E-state index contributed by atoms with van der Waals surface area (Å²) in [7, 11) is 0. The van der Waals surface area contributed by atoms with Crippen molar-refractivity contribution < 1.29 is 0 Å². The van der Waals surface area contributed by atoms with Crippen molar-refractivity contribution in [3.05, 3.63) is 107 Å². The van der Waals surface area contributed by atoms with Gasteiger partial charge in [-0.15, -0.1) is 0 Å². The molecule has 0 saturated heterocycles. The Hall–Kier alpha value is -2.80. The lowest BCUT2D eigenvalue weighted by Gasteiger charge is -2.54. The number of aryl methyl sites for hydroxylation is 1. The highest BCUT2D eigenvalue weighted by Crippen LogP contribution is 2.51. The Kier molecular flexibility index (Phi) is 5.01. The highest BCUT2D eigenvalue weighted by Gasteiger charge is 2.47. The molecule has 2 atom stereocenters. The van der Waals surface area contributed by atoms with Gasteiger partial charge in [0.1, 0.15) is 0 Å². The first-order valence-electron chi connectivity index (χ1n) is 11.8. The van der Waals surface area contributed by atoms with Gasteiger partial charge in [0.05, 0.1) is 12.1 Å². The third-order valence-corrected chi connectivity index (χ3v) is 7.37. The maximum absolute atomic E-state index is 2.76. The van der Waals surface area contributed by atoms with Crippen LogP contribution in [0.4, 0.5) is 0 Å². The quantitative estimate of drug-likeness (QED) is 0.478. The summed E-state index contributed by atoms with van der Waals surface area (Å²) in [6.45, 7) is 9.38. The van der Waals surface area contributed by atoms with E-state index in [9.17, 15) is 0 Å². The van der Waals surface area contributed by atoms with Gasteiger partial charge in [0.2, 0.25) is 0 Å². The van der Waals surface area contributed by atoms with E-state index >= 15 is 0 Å². The molecule has 1 nitrogen and oxygen atoms in total. The van der Waals surface area contributed by atoms with E-state index in [4.69, 9.17) is 0 Å². The maximum Gasteiger partial charge on any atom is 0.0571 e. The van der Waals surface area contributed by atoms with Gasteiger partial charge in [-0.2, -0.15) is 0 Å². The summed E-state index contributed by atoms with van der Waals surface area (Å²) in [4.78, 5) is 2.76. The van der Waals surface area contributed by atoms with Crippen molar-refractivity contribution in [2.24, 2.45) is 0 Å². The average Bonchev–Trinajstić information content (AvgIpc) is 2.79. The van der Waals surface area contributed by atoms with Gasteiger partial charge in [0.25, 0.3) is 0 Å². The van der Waals surface area contributed by atoms with Crippen LogP contribution in [0.3, 0.4) is 0 Å². The normalized spacial score (nSPS) is 24.0. The number of benzene rings is 2. The van der Waals surface area contributed by atoms with Crippen LogP contribution in [-0.2, 0) is 5.41 Å². The molecule has 0 N–H and O–H groups in total. The number of rotatable bonds is 3. The second kappa shape index (κ2) is 7.71. The molecule has 0 fully saturated rings. The zero-order valence-electron chi connectivity index (χ0n) is 19.2. The lowest BCUT2D eigenvalue weighted by atomic mass is 9.67. The minimum absolute atomic E-state index is 0.0425. The molecule has 1 aliphatic carbocycles. The van der Waals surface area contributed by atoms with Gasteiger partial charge >= 0.3 is 0 Å². The van der Waals surface area contributed by atoms with Crippen LogP contribution in [0.15, 0.2) is 84.5 Å². The van der Waals surface area contributed by atoms with Gasteiger partial charge in [-0.3, -0.25) is 0 Å². The molecule has 0 spiro atoms. The van der Waals surface area contributed by atoms with Crippen molar-refractivity contribution in [1.82, 2.24) is 4.90 Å². The van der Waals surface area contributed by atoms with Crippen molar-refractivity contribution in [3.8, 4) is 0 Å². The minimum atomic E-state index is 0.0425. The molecule has 31 heavy (non-hydrogen) atoms. The maximum atomic E-state index is 2.76. The van der Waals surface area contributed by atoms with Gasteiger partial charge in [-0.25, -0.2) is 0 Å². The van der Waals surface area contributed by atoms with Crippen LogP contribution in [0.5, 0.6) is 0 Å². The minimum Gasteiger partial charge on any atom is -0.357 e. The molecule has 0 radical (unpaired) electrons. The topological polar surface area (TPSA) is 3.24 Å². The lowest BCUT2D eigenvalue weighted by Crippen LogP contribution is -2.55. The molecule has 2 aromatic carbocycles. The molecular formula is C30H33N. The zero-order chi connectivity index (χ0) is 21.6. The summed E-state index contributed by atoms with van der Waals surface area (Å²) >= 11 is 0. The molecule has 0 aromatic heterocycles. The van der Waals surface area contributed by atoms with Crippen molar-refractivity contribution in [3.63, 3.8) is 0 Å². The Labute approximate surface area is 187 Å². The monoisotopic (exact) mass is 407 g/mol. The summed E-state index contributed by atoms with van der Waals surface area (Å²) in [5.41, 5.74) is 9.92. The van der Waals surface area contributed by atoms with Crippen LogP contribution in [0.25, 0.3) is 11.3 Å². The first-order chi connectivity index (χ1) is 15.0. The Morgan fingerprint density at radius 2 is 1.87 bits per heavy atom. The molecule has 3 aliphatic rings. The number of fused-ring (bicyclic) bond motifs is 5. The highest BCUT2D eigenvalue weighted by molar-refractivity contribution is 5.91. The molecule has 0 saturated carbocycles. The van der Waals surface area contributed by atoms with Crippen LogP contribution >= 0.6 is 0 Å². The molecule has 158 valence electrons. The van der Waals surface area contributed by atoms with Crippen LogP contribution < -0.4 is 0 Å². The Morgan fingerprint density at radius 3 is 2.65 bits per heavy atom. The van der Waals surface area contributed by atoms with Crippen molar-refractivity contribution in [1.29, 1.82) is 0 Å². The summed E-state index contributed by atoms with van der Waals surface area (Å²) in [6.07, 6.45) is 15.5. The molecule has 2 unspecified atom stereocenters. The van der Waals surface area contributed by atoms with E-state index in [1.165, 1.54) is 45.5 Å². The van der Waals surface area contributed by atoms with Crippen LogP contribution in [0, 0.1) is 6.92 Å². The van der Waals surface area contributed by atoms with Gasteiger partial charge in [-0.05, 0) is 60.1 Å². The van der Waals surface area contributed by atoms with E-state index in [1.54, 1.807) is 0 Å². The molecule has 0 amide bonds. The molecule has 1 heteroatoms. The van der Waals surface area contributed by atoms with E-state index in [2.05, 4.69) is 112 Å². The summed E-state index contributed by atoms with van der Waals surface area (Å²) in [5.74, 6) is 0. The van der Waals surface area contributed by atoms with Crippen LogP contribution in [0.1, 0.15) is 62.3 Å². The second-order valence-corrected chi connectivity index (χ2v) is 9.67. The van der Waals surface area contributed by atoms with Crippen LogP contribution in [0.2, 0.25) is 0 Å². The Balaban J connectivity index is 1.81. The zero-order valence-corrected chi connectivity index (χ0v) is 19.2. The van der Waals surface area contributed by atoms with Crippen molar-refractivity contribution in [2.45, 2.75) is 64.5 Å². The standard InChI is InChI=1S/C30H33N/c1-5-6-19-28-30(3,4)25-17-12-13-21(2)29(25)27-20-24(22-14-8-7-9-15-22)23-16-10-11-18-26(23)31(27)28/h6-10,12-17,19-20,26,28H,5,11,18H2,1-4H3. The SMILES string of the molecule is CCC=CC1N2C(=CC(c3ccccc3)=C3C=CCCC32)c2c(C)cccc2C1(C)C. The third kappa shape index (κ3) is 3.14. The van der Waals surface area contributed by atoms with Gasteiger partial charge in [0.15, 0.2) is 0 Å². The van der Waals surface area contributed by atoms with E-state index in [0.29, 0.717) is 12.1 Å². The average molecular weight is 408 g/mol. The van der Waals surface area contributed by atoms with E-state index in [0.717, 1.165) is 12.8 Å². The largest absolute Gasteiger partial charge is 0.357 e. The number of allylic oxidation sites excluding steroid dienone is 4. The predicted molar refractivity (Wildman–Crippen MR) is 133 cm³/mol. The van der Waals surface area contributed by atoms with Crippen molar-refractivity contribution >= 4 is 11.3 Å². The van der Waals surface area contributed by atoms with Crippen LogP contribution in [-0.4, -0.2) is 17.0 Å². The summed E-state index contributed by atoms with van der Waals surface area (Å²) in [6, 6.07) is 18.6. The molecule has 5 rings (SSSR count). The first kappa shape index (κ1) is 20.1. The van der Waals surface area contributed by atoms with Gasteiger partial charge in [0, 0.05) is 16.7 Å². The lowest BCUT2D eigenvalue weighted by molar-refractivity contribution is 0.187. The van der Waals surface area contributed by atoms with Gasteiger partial charge < -0.3 is 4.90 Å². The Bertz CT molecular complexity index is 1110. The third-order valence-electron chi connectivity index (χ3n) is 7.37. The van der Waals surface area contributed by atoms with E-state index < -0.39 is 0 Å². The fourth-order valence-corrected chi connectivity index (χ4v) is 5.81. The number of hydrogen-bond acceptors (Lipinski definition) is 1. The smallest absolute Gasteiger partial charge is 0.0571 e. The summed E-state index contributed by atoms with van der Waals surface area (Å²) < 4.78 is 0. The highest BCUT2D eigenvalue weighted by atomic mass is 15.2. The first-order valence-corrected chi connectivity index (χ1v) is 11.8. The Morgan fingerprint density at radius 1 is 1.06 bits per heavy atom. The molecule has 2 heterocycles. The molecule has 2 aliphatic heterocycles. The fourth-order valence-electron chi connectivity index (χ4n) is 5.81. The molecular weight excluding hydrogens is 374 g/mol. The number of nitrogens with zero attached hydrogens (tertiary/aromatic N) is 1. The summed E-state index contributed by atoms with van der Waals surface area (Å²) in [5, 5.41) is 0. The van der Waals surface area contributed by atoms with Crippen molar-refractivity contribution in [2.75, 3.05) is 0 Å². The van der Waals surface area contributed by atoms with Gasteiger partial charge in [-0.1, -0.05) is 93.6 Å². The predicted octanol–water partition coefficient (Wildman–Crippen LogP) is 7.45.